The van der Waals surface area contributed by atoms with Crippen LogP contribution in [0.3, 0.4) is 0 Å². The molecule has 0 aliphatic heterocycles. The smallest absolute Gasteiger partial charge is 0.341 e. The number of nitrogens with zero attached hydrogens (tertiary/aromatic N) is 1. The summed E-state index contributed by atoms with van der Waals surface area (Å²) < 4.78 is 5.21. The maximum absolute atomic E-state index is 12.1. The average molecular weight is 298 g/mol. The molecule has 1 aromatic carbocycles. The van der Waals surface area contributed by atoms with E-state index in [1.807, 2.05) is 13.8 Å². The Labute approximate surface area is 121 Å². The first-order chi connectivity index (χ1) is 8.99. The molecule has 0 amide bonds. The summed E-state index contributed by atoms with van der Waals surface area (Å²) in [5.41, 5.74) is 0.794. The van der Waals surface area contributed by atoms with Crippen molar-refractivity contribution in [2.45, 2.75) is 13.8 Å². The van der Waals surface area contributed by atoms with E-state index in [4.69, 9.17) is 27.9 Å². The summed E-state index contributed by atoms with van der Waals surface area (Å²) in [6, 6.07) is 5.16. The lowest BCUT2D eigenvalue weighted by Gasteiger charge is -2.10. The molecule has 0 atom stereocenters. The molecular formula is C14H13Cl2NO2. The molecule has 1 aromatic heterocycles. The number of hydrogen-bond donors (Lipinski definition) is 0. The van der Waals surface area contributed by atoms with Crippen molar-refractivity contribution in [2.24, 2.45) is 5.92 Å². The first-order valence-electron chi connectivity index (χ1n) is 5.90. The number of pyridine rings is 1. The van der Waals surface area contributed by atoms with Gasteiger partial charge in [-0.05, 0) is 18.1 Å². The molecule has 2 aromatic rings. The Bertz CT molecular complexity index is 626. The van der Waals surface area contributed by atoms with Crippen molar-refractivity contribution in [2.75, 3.05) is 6.61 Å². The minimum Gasteiger partial charge on any atom is -0.462 e. The predicted octanol–water partition coefficient (Wildman–Crippen LogP) is 4.35. The summed E-state index contributed by atoms with van der Waals surface area (Å²) in [6.45, 7) is 4.28. The zero-order valence-corrected chi connectivity index (χ0v) is 12.1. The fourth-order valence-corrected chi connectivity index (χ4v) is 2.05. The van der Waals surface area contributed by atoms with Crippen molar-refractivity contribution in [1.82, 2.24) is 4.98 Å². The normalized spacial score (nSPS) is 11.0. The third-order valence-electron chi connectivity index (χ3n) is 2.52. The van der Waals surface area contributed by atoms with Crippen LogP contribution in [0.2, 0.25) is 10.0 Å². The molecule has 0 bridgehead atoms. The number of carbonyl (C=O) groups excluding carboxylic acids is 1. The maximum atomic E-state index is 12.1. The third-order valence-corrected chi connectivity index (χ3v) is 3.04. The molecule has 0 spiro atoms. The van der Waals surface area contributed by atoms with Crippen LogP contribution < -0.4 is 0 Å². The monoisotopic (exact) mass is 297 g/mol. The van der Waals surface area contributed by atoms with Gasteiger partial charge < -0.3 is 4.74 Å². The molecule has 19 heavy (non-hydrogen) atoms. The Kier molecular flexibility index (Phi) is 4.27. The van der Waals surface area contributed by atoms with Gasteiger partial charge in [0, 0.05) is 11.6 Å². The number of aromatic nitrogens is 1. The van der Waals surface area contributed by atoms with Gasteiger partial charge in [-0.3, -0.25) is 4.98 Å². The van der Waals surface area contributed by atoms with Crippen LogP contribution >= 0.6 is 23.2 Å². The van der Waals surface area contributed by atoms with E-state index >= 15 is 0 Å². The second-order valence-corrected chi connectivity index (χ2v) is 5.48. The van der Waals surface area contributed by atoms with Crippen LogP contribution in [0.4, 0.5) is 0 Å². The molecule has 5 heteroatoms. The van der Waals surface area contributed by atoms with Gasteiger partial charge >= 0.3 is 5.97 Å². The van der Waals surface area contributed by atoms with Gasteiger partial charge in [-0.15, -0.1) is 0 Å². The fraction of sp³-hybridized carbons (Fsp3) is 0.286. The van der Waals surface area contributed by atoms with Crippen LogP contribution in [0.1, 0.15) is 24.2 Å². The van der Waals surface area contributed by atoms with E-state index in [2.05, 4.69) is 4.98 Å². The minimum atomic E-state index is -0.459. The number of ether oxygens (including phenoxy) is 1. The SMILES string of the molecule is CC(C)COC(=O)c1c(Cl)ccc2cc(Cl)cnc12. The maximum Gasteiger partial charge on any atom is 0.341 e. The van der Waals surface area contributed by atoms with Crippen LogP contribution in [0.5, 0.6) is 0 Å². The van der Waals surface area contributed by atoms with Crippen molar-refractivity contribution in [3.8, 4) is 0 Å². The van der Waals surface area contributed by atoms with Crippen LogP contribution in [0.15, 0.2) is 24.4 Å². The molecule has 1 heterocycles. The van der Waals surface area contributed by atoms with Crippen LogP contribution in [0, 0.1) is 5.92 Å². The number of carbonyl (C=O) groups is 1. The lowest BCUT2D eigenvalue weighted by molar-refractivity contribution is 0.0461. The Morgan fingerprint density at radius 2 is 2.11 bits per heavy atom. The van der Waals surface area contributed by atoms with E-state index in [0.717, 1.165) is 5.39 Å². The number of rotatable bonds is 3. The Hall–Kier alpha value is -1.32. The summed E-state index contributed by atoms with van der Waals surface area (Å²) in [5, 5.41) is 1.60. The van der Waals surface area contributed by atoms with Gasteiger partial charge in [0.2, 0.25) is 0 Å². The Balaban J connectivity index is 2.46. The summed E-state index contributed by atoms with van der Waals surface area (Å²) in [7, 11) is 0. The summed E-state index contributed by atoms with van der Waals surface area (Å²) >= 11 is 12.0. The van der Waals surface area contributed by atoms with Crippen molar-refractivity contribution in [3.05, 3.63) is 40.0 Å². The van der Waals surface area contributed by atoms with Gasteiger partial charge in [0.1, 0.15) is 5.56 Å². The topological polar surface area (TPSA) is 39.2 Å². The number of hydrogen-bond acceptors (Lipinski definition) is 3. The van der Waals surface area contributed by atoms with Gasteiger partial charge in [0.05, 0.1) is 22.2 Å². The zero-order valence-electron chi connectivity index (χ0n) is 10.6. The number of fused-ring (bicyclic) bond motifs is 1. The van der Waals surface area contributed by atoms with Gasteiger partial charge in [0.15, 0.2) is 0 Å². The quantitative estimate of drug-likeness (QED) is 0.791. The Morgan fingerprint density at radius 3 is 2.79 bits per heavy atom. The van der Waals surface area contributed by atoms with E-state index in [1.54, 1.807) is 18.2 Å². The molecule has 0 aliphatic carbocycles. The van der Waals surface area contributed by atoms with E-state index in [0.29, 0.717) is 22.2 Å². The highest BCUT2D eigenvalue weighted by molar-refractivity contribution is 6.35. The fourth-order valence-electron chi connectivity index (χ4n) is 1.66. The highest BCUT2D eigenvalue weighted by atomic mass is 35.5. The van der Waals surface area contributed by atoms with Crippen molar-refractivity contribution < 1.29 is 9.53 Å². The molecule has 3 nitrogen and oxygen atoms in total. The molecule has 100 valence electrons. The number of halogens is 2. The molecule has 2 rings (SSSR count). The first kappa shape index (κ1) is 14.1. The molecule has 0 saturated heterocycles. The van der Waals surface area contributed by atoms with E-state index in [1.165, 1.54) is 6.20 Å². The van der Waals surface area contributed by atoms with E-state index < -0.39 is 5.97 Å². The number of esters is 1. The average Bonchev–Trinajstić information content (AvgIpc) is 2.36. The minimum absolute atomic E-state index is 0.264. The molecule has 0 radical (unpaired) electrons. The van der Waals surface area contributed by atoms with Crippen LogP contribution in [-0.4, -0.2) is 17.6 Å². The predicted molar refractivity (Wildman–Crippen MR) is 76.9 cm³/mol. The molecule has 0 unspecified atom stereocenters. The summed E-state index contributed by atoms with van der Waals surface area (Å²) in [4.78, 5) is 16.3. The largest absolute Gasteiger partial charge is 0.462 e. The summed E-state index contributed by atoms with van der Waals surface area (Å²) in [6.07, 6.45) is 1.49. The molecular weight excluding hydrogens is 285 g/mol. The van der Waals surface area contributed by atoms with Gasteiger partial charge in [0.25, 0.3) is 0 Å². The highest BCUT2D eigenvalue weighted by Crippen LogP contribution is 2.27. The third kappa shape index (κ3) is 3.17. The molecule has 0 aliphatic rings. The molecule has 0 N–H and O–H groups in total. The lowest BCUT2D eigenvalue weighted by atomic mass is 10.1. The van der Waals surface area contributed by atoms with Crippen molar-refractivity contribution in [3.63, 3.8) is 0 Å². The van der Waals surface area contributed by atoms with Crippen molar-refractivity contribution >= 4 is 40.1 Å². The highest BCUT2D eigenvalue weighted by Gasteiger charge is 2.17. The second kappa shape index (κ2) is 5.76. The molecule has 0 saturated carbocycles. The zero-order chi connectivity index (χ0) is 14.0. The van der Waals surface area contributed by atoms with E-state index in [9.17, 15) is 4.79 Å². The first-order valence-corrected chi connectivity index (χ1v) is 6.65. The van der Waals surface area contributed by atoms with Crippen LogP contribution in [0.25, 0.3) is 10.9 Å². The van der Waals surface area contributed by atoms with Gasteiger partial charge in [-0.25, -0.2) is 4.79 Å². The van der Waals surface area contributed by atoms with Gasteiger partial charge in [-0.1, -0.05) is 43.1 Å². The Morgan fingerprint density at radius 1 is 1.37 bits per heavy atom. The summed E-state index contributed by atoms with van der Waals surface area (Å²) in [5.74, 6) is -0.195. The van der Waals surface area contributed by atoms with Gasteiger partial charge in [-0.2, -0.15) is 0 Å². The molecule has 0 fully saturated rings. The second-order valence-electron chi connectivity index (χ2n) is 4.64. The van der Waals surface area contributed by atoms with Crippen molar-refractivity contribution in [1.29, 1.82) is 0 Å². The van der Waals surface area contributed by atoms with E-state index in [-0.39, 0.29) is 11.5 Å². The standard InChI is InChI=1S/C14H13Cl2NO2/c1-8(2)7-19-14(18)12-11(16)4-3-9-5-10(15)6-17-13(9)12/h3-6,8H,7H2,1-2H3. The van der Waals surface area contributed by atoms with Crippen LogP contribution in [-0.2, 0) is 4.74 Å². The number of benzene rings is 1. The lowest BCUT2D eigenvalue weighted by Crippen LogP contribution is -2.11.